The zero-order valence-corrected chi connectivity index (χ0v) is 28.7. The number of carboxylic acid groups (broad SMARTS) is 1. The number of carbonyl (C=O) groups excluding carboxylic acids is 2. The summed E-state index contributed by atoms with van der Waals surface area (Å²) in [4.78, 5) is 36.0. The molecule has 0 saturated carbocycles. The molecule has 0 aliphatic rings. The van der Waals surface area contributed by atoms with Crippen molar-refractivity contribution in [2.75, 3.05) is 23.9 Å². The van der Waals surface area contributed by atoms with Crippen molar-refractivity contribution in [1.82, 2.24) is 10.7 Å². The Morgan fingerprint density at radius 3 is 2.43 bits per heavy atom. The molecule has 1 aromatic heterocycles. The number of nitrogens with zero attached hydrogens (tertiary/aromatic N) is 1. The molecule has 0 aliphatic carbocycles. The lowest BCUT2D eigenvalue weighted by atomic mass is 9.97. The number of sulfone groups is 1. The minimum absolute atomic E-state index is 0.0276. The molecule has 3 amide bonds. The molecule has 248 valence electrons. The van der Waals surface area contributed by atoms with E-state index in [2.05, 4.69) is 21.2 Å². The second-order valence-electron chi connectivity index (χ2n) is 11.2. The van der Waals surface area contributed by atoms with E-state index in [1.165, 1.54) is 24.0 Å². The molecule has 0 fully saturated rings. The molecule has 12 nitrogen and oxygen atoms in total. The zero-order valence-electron chi connectivity index (χ0n) is 26.3. The Bertz CT molecular complexity index is 1700. The summed E-state index contributed by atoms with van der Waals surface area (Å²) in [5.41, 5.74) is 9.79. The van der Waals surface area contributed by atoms with Gasteiger partial charge in [-0.3, -0.25) is 4.79 Å². The average Bonchev–Trinajstić information content (AvgIpc) is 3.38. The number of thiophene rings is 1. The maximum atomic E-state index is 14.4. The molecule has 3 aromatic rings. The number of hydrazone groups is 1. The van der Waals surface area contributed by atoms with E-state index in [4.69, 9.17) is 15.6 Å². The second-order valence-corrected chi connectivity index (χ2v) is 15.2. The quantitative estimate of drug-likeness (QED) is 0.0439. The van der Waals surface area contributed by atoms with Crippen LogP contribution >= 0.6 is 23.1 Å². The number of rotatable bonds is 13. The van der Waals surface area contributed by atoms with Crippen molar-refractivity contribution in [3.05, 3.63) is 52.9 Å². The SMILES string of the molecule is CSc1sc(C=NNC(=O)OC(C)(C)C)cc1S(=O)(=O)c1c(N)cc(C)c(-c2ccccc2)c1NC(=O)NCCCCCC(=O)O. The number of nitrogens with two attached hydrogens (primary N) is 1. The lowest BCUT2D eigenvalue weighted by molar-refractivity contribution is -0.137. The summed E-state index contributed by atoms with van der Waals surface area (Å²) in [7, 11) is -4.33. The maximum absolute atomic E-state index is 14.4. The molecule has 0 spiro atoms. The number of hydrogen-bond donors (Lipinski definition) is 5. The number of amides is 3. The van der Waals surface area contributed by atoms with Crippen LogP contribution in [0.15, 0.2) is 61.6 Å². The van der Waals surface area contributed by atoms with Gasteiger partial charge in [-0.25, -0.2) is 23.4 Å². The Balaban J connectivity index is 2.02. The molecule has 1 heterocycles. The maximum Gasteiger partial charge on any atom is 0.428 e. The number of nitrogens with one attached hydrogen (secondary N) is 3. The van der Waals surface area contributed by atoms with Gasteiger partial charge in [0, 0.05) is 23.4 Å². The van der Waals surface area contributed by atoms with Crippen molar-refractivity contribution in [2.45, 2.75) is 73.0 Å². The minimum atomic E-state index is -4.33. The number of nitrogen functional groups attached to an aromatic ring is 1. The predicted octanol–water partition coefficient (Wildman–Crippen LogP) is 6.49. The van der Waals surface area contributed by atoms with Gasteiger partial charge in [0.25, 0.3) is 0 Å². The largest absolute Gasteiger partial charge is 0.481 e. The van der Waals surface area contributed by atoms with E-state index >= 15 is 0 Å². The molecular formula is C31H39N5O7S3. The van der Waals surface area contributed by atoms with Crippen LogP contribution in [-0.4, -0.2) is 56.2 Å². The van der Waals surface area contributed by atoms with E-state index in [0.717, 1.165) is 11.3 Å². The van der Waals surface area contributed by atoms with Crippen molar-refractivity contribution < 1.29 is 32.6 Å². The van der Waals surface area contributed by atoms with Crippen LogP contribution in [0.4, 0.5) is 21.0 Å². The average molecular weight is 690 g/mol. The van der Waals surface area contributed by atoms with E-state index in [-0.39, 0.29) is 34.1 Å². The fourth-order valence-electron chi connectivity index (χ4n) is 4.48. The van der Waals surface area contributed by atoms with E-state index in [1.54, 1.807) is 40.0 Å². The van der Waals surface area contributed by atoms with Gasteiger partial charge in [0.2, 0.25) is 9.84 Å². The van der Waals surface area contributed by atoms with Gasteiger partial charge in [0.1, 0.15) is 10.5 Å². The fraction of sp³-hybridized carbons (Fsp3) is 0.355. The first-order valence-corrected chi connectivity index (χ1v) is 17.9. The van der Waals surface area contributed by atoms with Crippen LogP contribution in [0.3, 0.4) is 0 Å². The number of aryl methyl sites for hydroxylation is 1. The van der Waals surface area contributed by atoms with Gasteiger partial charge < -0.3 is 26.2 Å². The highest BCUT2D eigenvalue weighted by atomic mass is 32.2. The van der Waals surface area contributed by atoms with Gasteiger partial charge in [0.05, 0.1) is 26.7 Å². The molecule has 0 aliphatic heterocycles. The van der Waals surface area contributed by atoms with Gasteiger partial charge in [-0.1, -0.05) is 36.8 Å². The van der Waals surface area contributed by atoms with Gasteiger partial charge in [-0.2, -0.15) is 5.10 Å². The number of anilines is 2. The summed E-state index contributed by atoms with van der Waals surface area (Å²) in [5, 5.41) is 18.2. The molecule has 0 bridgehead atoms. The zero-order chi connectivity index (χ0) is 34.1. The van der Waals surface area contributed by atoms with Crippen LogP contribution in [0, 0.1) is 6.92 Å². The number of ether oxygens (including phenoxy) is 1. The summed E-state index contributed by atoms with van der Waals surface area (Å²) in [6.45, 7) is 7.20. The third kappa shape index (κ3) is 9.96. The Labute approximate surface area is 277 Å². The lowest BCUT2D eigenvalue weighted by Gasteiger charge is -2.21. The first-order chi connectivity index (χ1) is 21.6. The summed E-state index contributed by atoms with van der Waals surface area (Å²) < 4.78 is 34.5. The molecule has 0 unspecified atom stereocenters. The number of urea groups is 1. The third-order valence-corrected chi connectivity index (χ3v) is 10.7. The van der Waals surface area contributed by atoms with Crippen molar-refractivity contribution in [1.29, 1.82) is 0 Å². The molecule has 0 atom stereocenters. The van der Waals surface area contributed by atoms with E-state index in [9.17, 15) is 22.8 Å². The third-order valence-electron chi connectivity index (χ3n) is 6.33. The number of aliphatic carboxylic acids is 1. The molecule has 15 heteroatoms. The highest BCUT2D eigenvalue weighted by molar-refractivity contribution is 8.01. The van der Waals surface area contributed by atoms with Gasteiger partial charge in [0.15, 0.2) is 0 Å². The number of carboxylic acids is 1. The highest BCUT2D eigenvalue weighted by Gasteiger charge is 2.32. The van der Waals surface area contributed by atoms with Crippen LogP contribution in [-0.2, 0) is 19.4 Å². The monoisotopic (exact) mass is 689 g/mol. The first-order valence-electron chi connectivity index (χ1n) is 14.3. The van der Waals surface area contributed by atoms with Crippen LogP contribution in [0.2, 0.25) is 0 Å². The topological polar surface area (TPSA) is 189 Å². The van der Waals surface area contributed by atoms with E-state index in [0.29, 0.717) is 45.0 Å². The summed E-state index contributed by atoms with van der Waals surface area (Å²) in [6.07, 6.45) is 3.99. The van der Waals surface area contributed by atoms with Crippen LogP contribution < -0.4 is 21.8 Å². The van der Waals surface area contributed by atoms with Gasteiger partial charge in [-0.15, -0.1) is 23.1 Å². The fourth-order valence-corrected chi connectivity index (χ4v) is 8.64. The highest BCUT2D eigenvalue weighted by Crippen LogP contribution is 2.45. The van der Waals surface area contributed by atoms with Crippen molar-refractivity contribution in [3.63, 3.8) is 0 Å². The Hall–Kier alpha value is -4.08. The standard InChI is InChI=1S/C31H39N5O7S3/c1-19-16-22(32)27(46(41,42)23-17-21(45-28(23)44-5)18-34-36-30(40)43-31(2,3)4)26(25(19)20-12-8-6-9-13-20)35-29(39)33-15-11-7-10-14-24(37)38/h6,8-9,12-13,16-18H,7,10-11,14-15,32H2,1-5H3,(H,36,40)(H,37,38)(H2,33,35,39). The molecule has 6 N–H and O–H groups in total. The van der Waals surface area contributed by atoms with E-state index < -0.39 is 33.5 Å². The molecule has 3 rings (SSSR count). The molecular weight excluding hydrogens is 651 g/mol. The number of benzene rings is 2. The Morgan fingerprint density at radius 2 is 1.80 bits per heavy atom. The van der Waals surface area contributed by atoms with Crippen molar-refractivity contribution in [3.8, 4) is 11.1 Å². The predicted molar refractivity (Wildman–Crippen MR) is 183 cm³/mol. The Kier molecular flexibility index (Phi) is 12.6. The summed E-state index contributed by atoms with van der Waals surface area (Å²) in [6, 6.07) is 11.4. The lowest BCUT2D eigenvalue weighted by Crippen LogP contribution is -2.30. The number of unbranched alkanes of at least 4 members (excludes halogenated alkanes) is 2. The van der Waals surface area contributed by atoms with Gasteiger partial charge in [-0.05, 0) is 70.1 Å². The number of thioether (sulfide) groups is 1. The number of hydrogen-bond acceptors (Lipinski definition) is 10. The molecule has 46 heavy (non-hydrogen) atoms. The first kappa shape index (κ1) is 36.4. The molecule has 0 saturated heterocycles. The Morgan fingerprint density at radius 1 is 1.11 bits per heavy atom. The van der Waals surface area contributed by atoms with Gasteiger partial charge >= 0.3 is 18.1 Å². The van der Waals surface area contributed by atoms with Crippen molar-refractivity contribution in [2.24, 2.45) is 5.10 Å². The van der Waals surface area contributed by atoms with Crippen LogP contribution in [0.1, 0.15) is 56.9 Å². The number of carbonyl (C=O) groups is 3. The van der Waals surface area contributed by atoms with Crippen LogP contribution in [0.25, 0.3) is 11.1 Å². The minimum Gasteiger partial charge on any atom is -0.481 e. The molecule has 0 radical (unpaired) electrons. The smallest absolute Gasteiger partial charge is 0.428 e. The molecule has 2 aromatic carbocycles. The van der Waals surface area contributed by atoms with E-state index in [1.807, 2.05) is 30.3 Å². The summed E-state index contributed by atoms with van der Waals surface area (Å²) in [5.74, 6) is -0.878. The normalized spacial score (nSPS) is 11.8. The van der Waals surface area contributed by atoms with Crippen LogP contribution in [0.5, 0.6) is 0 Å². The summed E-state index contributed by atoms with van der Waals surface area (Å²) >= 11 is 2.38. The second kappa shape index (κ2) is 16.0. The van der Waals surface area contributed by atoms with Crippen molar-refractivity contribution >= 4 is 68.6 Å².